The molecular formula is C23H26F2N4O3S2. The van der Waals surface area contributed by atoms with Crippen LogP contribution in [0.1, 0.15) is 19.3 Å². The van der Waals surface area contributed by atoms with E-state index in [2.05, 4.69) is 4.98 Å². The summed E-state index contributed by atoms with van der Waals surface area (Å²) in [5, 5.41) is 0.412. The molecule has 0 radical (unpaired) electrons. The first-order valence-electron chi connectivity index (χ1n) is 11.0. The van der Waals surface area contributed by atoms with Gasteiger partial charge in [-0.15, -0.1) is 0 Å². The molecule has 182 valence electrons. The second-order valence-electron chi connectivity index (χ2n) is 8.48. The molecule has 1 aliphatic rings. The quantitative estimate of drug-likeness (QED) is 0.464. The van der Waals surface area contributed by atoms with Crippen LogP contribution < -0.4 is 4.90 Å². The number of thiazole rings is 1. The molecule has 34 heavy (non-hydrogen) atoms. The Morgan fingerprint density at radius 3 is 2.53 bits per heavy atom. The summed E-state index contributed by atoms with van der Waals surface area (Å²) < 4.78 is 55.4. The van der Waals surface area contributed by atoms with Gasteiger partial charge in [-0.05, 0) is 82.4 Å². The first kappa shape index (κ1) is 24.6. The molecule has 11 heteroatoms. The number of hydrogen-bond acceptors (Lipinski definition) is 6. The van der Waals surface area contributed by atoms with Gasteiger partial charge < -0.3 is 4.90 Å². The largest absolute Gasteiger partial charge is 0.309 e. The molecule has 0 aliphatic carbocycles. The van der Waals surface area contributed by atoms with Gasteiger partial charge >= 0.3 is 0 Å². The fraction of sp³-hybridized carbons (Fsp3) is 0.391. The van der Waals surface area contributed by atoms with E-state index in [1.807, 2.05) is 19.0 Å². The Balaban J connectivity index is 1.65. The fourth-order valence-corrected chi connectivity index (χ4v) is 6.72. The molecule has 0 N–H and O–H groups in total. The third-order valence-electron chi connectivity index (χ3n) is 5.73. The third-order valence-corrected chi connectivity index (χ3v) is 8.70. The Morgan fingerprint density at radius 1 is 1.12 bits per heavy atom. The van der Waals surface area contributed by atoms with E-state index >= 15 is 0 Å². The molecule has 0 spiro atoms. The first-order chi connectivity index (χ1) is 16.2. The van der Waals surface area contributed by atoms with E-state index in [9.17, 15) is 22.0 Å². The van der Waals surface area contributed by atoms with E-state index in [4.69, 9.17) is 0 Å². The number of halogens is 2. The summed E-state index contributed by atoms with van der Waals surface area (Å²) in [5.41, 5.74) is 0.578. The van der Waals surface area contributed by atoms with Gasteiger partial charge in [0.15, 0.2) is 5.13 Å². The van der Waals surface area contributed by atoms with Crippen LogP contribution in [-0.2, 0) is 14.8 Å². The van der Waals surface area contributed by atoms with Crippen molar-refractivity contribution in [1.29, 1.82) is 0 Å². The van der Waals surface area contributed by atoms with Gasteiger partial charge in [-0.3, -0.25) is 9.69 Å². The predicted molar refractivity (Wildman–Crippen MR) is 128 cm³/mol. The van der Waals surface area contributed by atoms with Crippen LogP contribution in [0.5, 0.6) is 0 Å². The van der Waals surface area contributed by atoms with Crippen molar-refractivity contribution in [2.45, 2.75) is 30.2 Å². The molecule has 1 amide bonds. The monoisotopic (exact) mass is 508 g/mol. The van der Waals surface area contributed by atoms with Crippen molar-refractivity contribution < 1.29 is 22.0 Å². The Hall–Kier alpha value is -2.47. The maximum absolute atomic E-state index is 13.7. The van der Waals surface area contributed by atoms with Crippen LogP contribution in [0.2, 0.25) is 0 Å². The Labute approximate surface area is 201 Å². The minimum atomic E-state index is -3.99. The van der Waals surface area contributed by atoms with Crippen LogP contribution >= 0.6 is 11.3 Å². The molecule has 1 aliphatic heterocycles. The maximum Gasteiger partial charge on any atom is 0.247 e. The Kier molecular flexibility index (Phi) is 7.27. The van der Waals surface area contributed by atoms with E-state index < -0.39 is 21.9 Å². The van der Waals surface area contributed by atoms with Crippen LogP contribution in [0.3, 0.4) is 0 Å². The lowest BCUT2D eigenvalue weighted by atomic mass is 10.2. The molecule has 7 nitrogen and oxygen atoms in total. The van der Waals surface area contributed by atoms with Gasteiger partial charge in [-0.1, -0.05) is 11.3 Å². The summed E-state index contributed by atoms with van der Waals surface area (Å²) in [6.45, 7) is 1.28. The first-order valence-corrected chi connectivity index (χ1v) is 13.2. The highest BCUT2D eigenvalue weighted by Crippen LogP contribution is 2.33. The topological polar surface area (TPSA) is 73.8 Å². The Morgan fingerprint density at radius 2 is 1.82 bits per heavy atom. The number of anilines is 1. The van der Waals surface area contributed by atoms with Crippen LogP contribution in [0, 0.1) is 11.6 Å². The number of hydrogen-bond donors (Lipinski definition) is 0. The van der Waals surface area contributed by atoms with Crippen molar-refractivity contribution in [2.75, 3.05) is 38.6 Å². The molecule has 3 aromatic rings. The maximum atomic E-state index is 13.7. The summed E-state index contributed by atoms with van der Waals surface area (Å²) in [5.74, 6) is -1.28. The molecule has 1 saturated heterocycles. The smallest absolute Gasteiger partial charge is 0.247 e. The highest BCUT2D eigenvalue weighted by Gasteiger charge is 2.42. The van der Waals surface area contributed by atoms with Crippen LogP contribution in [0.15, 0.2) is 47.4 Å². The summed E-state index contributed by atoms with van der Waals surface area (Å²) >= 11 is 1.20. The number of aromatic nitrogens is 1. The third kappa shape index (κ3) is 5.12. The highest BCUT2D eigenvalue weighted by molar-refractivity contribution is 7.89. The van der Waals surface area contributed by atoms with Crippen molar-refractivity contribution in [3.05, 3.63) is 54.1 Å². The number of nitrogens with zero attached hydrogens (tertiary/aromatic N) is 4. The van der Waals surface area contributed by atoms with Gasteiger partial charge in [0.1, 0.15) is 17.7 Å². The zero-order chi connectivity index (χ0) is 24.5. The van der Waals surface area contributed by atoms with Gasteiger partial charge in [0.05, 0.1) is 15.1 Å². The minimum absolute atomic E-state index is 0.0526. The summed E-state index contributed by atoms with van der Waals surface area (Å²) in [4.78, 5) is 21.7. The van der Waals surface area contributed by atoms with Gasteiger partial charge in [-0.25, -0.2) is 22.2 Å². The summed E-state index contributed by atoms with van der Waals surface area (Å²) in [6.07, 6.45) is 1.57. The lowest BCUT2D eigenvalue weighted by Crippen LogP contribution is -2.48. The molecule has 0 saturated carbocycles. The number of carbonyl (C=O) groups is 1. The fourth-order valence-electron chi connectivity index (χ4n) is 4.04. The minimum Gasteiger partial charge on any atom is -0.309 e. The van der Waals surface area contributed by atoms with Crippen molar-refractivity contribution in [3.63, 3.8) is 0 Å². The highest BCUT2D eigenvalue weighted by atomic mass is 32.2. The number of amides is 1. The van der Waals surface area contributed by atoms with Crippen LogP contribution in [0.25, 0.3) is 10.2 Å². The van der Waals surface area contributed by atoms with Gasteiger partial charge in [0.2, 0.25) is 15.9 Å². The van der Waals surface area contributed by atoms with Crippen LogP contribution in [0.4, 0.5) is 13.9 Å². The average molecular weight is 509 g/mol. The van der Waals surface area contributed by atoms with Gasteiger partial charge in [-0.2, -0.15) is 4.31 Å². The normalized spacial score (nSPS) is 17.0. The van der Waals surface area contributed by atoms with Crippen LogP contribution in [-0.4, -0.2) is 68.3 Å². The molecule has 2 heterocycles. The van der Waals surface area contributed by atoms with Crippen molar-refractivity contribution >= 4 is 42.6 Å². The van der Waals surface area contributed by atoms with E-state index in [1.54, 1.807) is 6.07 Å². The van der Waals surface area contributed by atoms with Crippen molar-refractivity contribution in [2.24, 2.45) is 0 Å². The predicted octanol–water partition coefficient (Wildman–Crippen LogP) is 3.71. The van der Waals surface area contributed by atoms with E-state index in [0.29, 0.717) is 41.2 Å². The Bertz CT molecular complexity index is 1280. The van der Waals surface area contributed by atoms with Gasteiger partial charge in [0.25, 0.3) is 0 Å². The summed E-state index contributed by atoms with van der Waals surface area (Å²) in [7, 11) is -0.123. The van der Waals surface area contributed by atoms with E-state index in [-0.39, 0.29) is 23.2 Å². The number of sulfonamides is 1. The number of rotatable bonds is 8. The molecule has 1 fully saturated rings. The second-order valence-corrected chi connectivity index (χ2v) is 11.4. The molecule has 1 unspecified atom stereocenters. The zero-order valence-corrected chi connectivity index (χ0v) is 20.6. The lowest BCUT2D eigenvalue weighted by Gasteiger charge is -2.29. The molecule has 4 rings (SSSR count). The second kappa shape index (κ2) is 10.0. The average Bonchev–Trinajstić information content (AvgIpc) is 3.44. The standard InChI is InChI=1S/C23H26F2N4O3S2/c1-27(2)12-4-13-28(23-26-19-11-8-17(25)15-21(19)33-23)22(30)20-5-3-14-29(20)34(31,32)18-9-6-16(24)7-10-18/h6-11,15,20H,3-5,12-14H2,1-2H3. The number of benzene rings is 2. The molecule has 1 aromatic heterocycles. The lowest BCUT2D eigenvalue weighted by molar-refractivity contribution is -0.121. The van der Waals surface area contributed by atoms with Gasteiger partial charge in [0, 0.05) is 13.1 Å². The number of carbonyl (C=O) groups excluding carboxylic acids is 1. The zero-order valence-electron chi connectivity index (χ0n) is 18.9. The van der Waals surface area contributed by atoms with Crippen molar-refractivity contribution in [3.8, 4) is 0 Å². The number of fused-ring (bicyclic) bond motifs is 1. The summed E-state index contributed by atoms with van der Waals surface area (Å²) in [6, 6.07) is 7.97. The van der Waals surface area contributed by atoms with E-state index in [0.717, 1.165) is 18.7 Å². The van der Waals surface area contributed by atoms with Crippen molar-refractivity contribution in [1.82, 2.24) is 14.2 Å². The molecule has 2 aromatic carbocycles. The van der Waals surface area contributed by atoms with E-state index in [1.165, 1.54) is 44.8 Å². The SMILES string of the molecule is CN(C)CCCN(C(=O)C1CCCN1S(=O)(=O)c1ccc(F)cc1)c1nc2ccc(F)cc2s1. The molecule has 0 bridgehead atoms. The molecular weight excluding hydrogens is 482 g/mol. The molecule has 1 atom stereocenters.